The van der Waals surface area contributed by atoms with Crippen LogP contribution in [0.4, 0.5) is 5.69 Å². The molecular weight excluding hydrogens is 621 g/mol. The molecule has 2 amide bonds. The summed E-state index contributed by atoms with van der Waals surface area (Å²) in [5, 5.41) is 3.38. The highest BCUT2D eigenvalue weighted by molar-refractivity contribution is 7.92. The van der Waals surface area contributed by atoms with Gasteiger partial charge in [0.2, 0.25) is 11.8 Å². The molecule has 11 heteroatoms. The van der Waals surface area contributed by atoms with Crippen LogP contribution in [-0.2, 0) is 32.6 Å². The zero-order chi connectivity index (χ0) is 31.7. The number of hydrogen-bond donors (Lipinski definition) is 1. The minimum absolute atomic E-state index is 0.0149. The Kier molecular flexibility index (Phi) is 11.3. The average molecular weight is 655 g/mol. The Bertz CT molecular complexity index is 1670. The van der Waals surface area contributed by atoms with Gasteiger partial charge in [-0.1, -0.05) is 77.8 Å². The molecule has 0 aliphatic rings. The van der Waals surface area contributed by atoms with Gasteiger partial charge in [-0.2, -0.15) is 0 Å². The number of hydrogen-bond acceptors (Lipinski definition) is 5. The fourth-order valence-corrected chi connectivity index (χ4v) is 6.58. The summed E-state index contributed by atoms with van der Waals surface area (Å²) in [4.78, 5) is 29.1. The number of halogens is 2. The van der Waals surface area contributed by atoms with E-state index >= 15 is 0 Å². The number of sulfonamides is 1. The van der Waals surface area contributed by atoms with Crippen LogP contribution in [0.3, 0.4) is 0 Å². The fourth-order valence-electron chi connectivity index (χ4n) is 4.68. The molecule has 0 spiro atoms. The second kappa shape index (κ2) is 15.1. The van der Waals surface area contributed by atoms with Crippen molar-refractivity contribution in [3.8, 4) is 5.75 Å². The predicted molar refractivity (Wildman–Crippen MR) is 174 cm³/mol. The largest absolute Gasteiger partial charge is 0.494 e. The Morgan fingerprint density at radius 1 is 0.886 bits per heavy atom. The standard InChI is InChI=1S/C33H33Cl2N3O5S/c1-3-43-28-18-16-27(17-19-28)38(44(41,42)29-12-8-5-9-13-29)23-32(39)37(22-25-14-15-26(34)21-30(25)35)31(33(40)36-2)20-24-10-6-4-7-11-24/h4-19,21,31H,3,20,22-23H2,1-2H3,(H,36,40)/t31-/m0/s1. The third kappa shape index (κ3) is 8.11. The van der Waals surface area contributed by atoms with Crippen molar-refractivity contribution in [2.45, 2.75) is 30.8 Å². The number of benzene rings is 4. The number of carbonyl (C=O) groups is 2. The number of likely N-dealkylation sites (N-methyl/N-ethyl adjacent to an activating group) is 1. The van der Waals surface area contributed by atoms with Crippen molar-refractivity contribution in [1.29, 1.82) is 0 Å². The summed E-state index contributed by atoms with van der Waals surface area (Å²) in [5.74, 6) is -0.457. The summed E-state index contributed by atoms with van der Waals surface area (Å²) in [6, 6.07) is 27.5. The third-order valence-electron chi connectivity index (χ3n) is 6.92. The van der Waals surface area contributed by atoms with Gasteiger partial charge in [-0.15, -0.1) is 0 Å². The van der Waals surface area contributed by atoms with Crippen molar-refractivity contribution >= 4 is 50.7 Å². The van der Waals surface area contributed by atoms with Gasteiger partial charge in [0.1, 0.15) is 18.3 Å². The molecule has 0 heterocycles. The van der Waals surface area contributed by atoms with Gasteiger partial charge in [-0.25, -0.2) is 8.42 Å². The molecule has 0 saturated heterocycles. The molecule has 0 unspecified atom stereocenters. The maximum Gasteiger partial charge on any atom is 0.264 e. The van der Waals surface area contributed by atoms with Crippen LogP contribution in [0.15, 0.2) is 108 Å². The lowest BCUT2D eigenvalue weighted by Crippen LogP contribution is -2.53. The van der Waals surface area contributed by atoms with E-state index in [9.17, 15) is 18.0 Å². The third-order valence-corrected chi connectivity index (χ3v) is 9.29. The Hall–Kier alpha value is -4.05. The summed E-state index contributed by atoms with van der Waals surface area (Å²) >= 11 is 12.6. The zero-order valence-corrected chi connectivity index (χ0v) is 26.6. The Morgan fingerprint density at radius 3 is 2.11 bits per heavy atom. The molecule has 8 nitrogen and oxygen atoms in total. The lowest BCUT2D eigenvalue weighted by molar-refractivity contribution is -0.139. The lowest BCUT2D eigenvalue weighted by atomic mass is 10.0. The van der Waals surface area contributed by atoms with Crippen LogP contribution in [0.25, 0.3) is 0 Å². The monoisotopic (exact) mass is 653 g/mol. The van der Waals surface area contributed by atoms with Crippen molar-refractivity contribution in [2.24, 2.45) is 0 Å². The molecule has 230 valence electrons. The first-order chi connectivity index (χ1) is 21.1. The van der Waals surface area contributed by atoms with Crippen molar-refractivity contribution in [3.05, 3.63) is 124 Å². The second-order valence-electron chi connectivity index (χ2n) is 9.83. The van der Waals surface area contributed by atoms with Gasteiger partial charge in [0.25, 0.3) is 10.0 Å². The predicted octanol–water partition coefficient (Wildman–Crippen LogP) is 5.97. The van der Waals surface area contributed by atoms with Gasteiger partial charge in [0.05, 0.1) is 17.2 Å². The number of nitrogens with zero attached hydrogens (tertiary/aromatic N) is 2. The number of anilines is 1. The van der Waals surface area contributed by atoms with E-state index in [2.05, 4.69) is 5.32 Å². The smallest absolute Gasteiger partial charge is 0.264 e. The molecule has 0 bridgehead atoms. The van der Waals surface area contributed by atoms with Gasteiger partial charge >= 0.3 is 0 Å². The minimum Gasteiger partial charge on any atom is -0.494 e. The van der Waals surface area contributed by atoms with Crippen LogP contribution >= 0.6 is 23.2 Å². The molecule has 4 rings (SSSR count). The van der Waals surface area contributed by atoms with Crippen molar-refractivity contribution in [2.75, 3.05) is 24.5 Å². The molecule has 0 radical (unpaired) electrons. The van der Waals surface area contributed by atoms with E-state index < -0.39 is 34.4 Å². The summed E-state index contributed by atoms with van der Waals surface area (Å²) < 4.78 is 34.6. The zero-order valence-electron chi connectivity index (χ0n) is 24.3. The molecule has 0 aromatic heterocycles. The highest BCUT2D eigenvalue weighted by Gasteiger charge is 2.34. The molecule has 1 atom stereocenters. The van der Waals surface area contributed by atoms with E-state index in [4.69, 9.17) is 27.9 Å². The van der Waals surface area contributed by atoms with Gasteiger partial charge in [-0.3, -0.25) is 13.9 Å². The summed E-state index contributed by atoms with van der Waals surface area (Å²) in [7, 11) is -2.71. The molecule has 0 aliphatic carbocycles. The second-order valence-corrected chi connectivity index (χ2v) is 12.5. The molecule has 1 N–H and O–H groups in total. The van der Waals surface area contributed by atoms with Gasteiger partial charge in [0, 0.05) is 30.1 Å². The van der Waals surface area contributed by atoms with Gasteiger partial charge in [-0.05, 0) is 66.6 Å². The molecule has 44 heavy (non-hydrogen) atoms. The molecule has 4 aromatic rings. The molecule has 0 aliphatic heterocycles. The first-order valence-corrected chi connectivity index (χ1v) is 16.1. The number of nitrogens with one attached hydrogen (secondary N) is 1. The van der Waals surface area contributed by atoms with E-state index in [1.807, 2.05) is 37.3 Å². The van der Waals surface area contributed by atoms with Crippen LogP contribution in [-0.4, -0.2) is 51.4 Å². The molecule has 0 fully saturated rings. The fraction of sp³-hybridized carbons (Fsp3) is 0.212. The molecular formula is C33H33Cl2N3O5S. The van der Waals surface area contributed by atoms with Gasteiger partial charge < -0.3 is 15.0 Å². The summed E-state index contributed by atoms with van der Waals surface area (Å²) in [6.07, 6.45) is 0.186. The Morgan fingerprint density at radius 2 is 1.52 bits per heavy atom. The normalized spacial score (nSPS) is 11.8. The van der Waals surface area contributed by atoms with Crippen LogP contribution in [0.5, 0.6) is 5.75 Å². The van der Waals surface area contributed by atoms with Crippen LogP contribution in [0, 0.1) is 0 Å². The van der Waals surface area contributed by atoms with Crippen LogP contribution < -0.4 is 14.4 Å². The Balaban J connectivity index is 1.79. The quantitative estimate of drug-likeness (QED) is 0.192. The summed E-state index contributed by atoms with van der Waals surface area (Å²) in [5.41, 5.74) is 1.63. The Labute approximate surface area is 268 Å². The number of ether oxygens (including phenoxy) is 1. The van der Waals surface area contributed by atoms with E-state index in [1.165, 1.54) is 24.1 Å². The highest BCUT2D eigenvalue weighted by atomic mass is 35.5. The van der Waals surface area contributed by atoms with Gasteiger partial charge in [0.15, 0.2) is 0 Å². The lowest BCUT2D eigenvalue weighted by Gasteiger charge is -2.33. The maximum absolute atomic E-state index is 14.4. The van der Waals surface area contributed by atoms with E-state index in [0.29, 0.717) is 28.0 Å². The van der Waals surface area contributed by atoms with Crippen LogP contribution in [0.2, 0.25) is 10.0 Å². The van der Waals surface area contributed by atoms with Crippen molar-refractivity contribution < 1.29 is 22.7 Å². The van der Waals surface area contributed by atoms with Crippen LogP contribution in [0.1, 0.15) is 18.1 Å². The minimum atomic E-state index is -4.20. The SMILES string of the molecule is CCOc1ccc(N(CC(=O)N(Cc2ccc(Cl)cc2Cl)[C@@H](Cc2ccccc2)C(=O)NC)S(=O)(=O)c2ccccc2)cc1. The number of amides is 2. The number of rotatable bonds is 13. The summed E-state index contributed by atoms with van der Waals surface area (Å²) in [6.45, 7) is 1.63. The molecule has 0 saturated carbocycles. The average Bonchev–Trinajstić information content (AvgIpc) is 3.03. The van der Waals surface area contributed by atoms with Crippen molar-refractivity contribution in [3.63, 3.8) is 0 Å². The van der Waals surface area contributed by atoms with E-state index in [-0.39, 0.29) is 23.5 Å². The van der Waals surface area contributed by atoms with Crippen molar-refractivity contribution in [1.82, 2.24) is 10.2 Å². The highest BCUT2D eigenvalue weighted by Crippen LogP contribution is 2.28. The maximum atomic E-state index is 14.4. The first-order valence-electron chi connectivity index (χ1n) is 13.9. The van der Waals surface area contributed by atoms with E-state index in [1.54, 1.807) is 60.7 Å². The number of carbonyl (C=O) groups excluding carboxylic acids is 2. The van der Waals surface area contributed by atoms with E-state index in [0.717, 1.165) is 9.87 Å². The molecule has 4 aromatic carbocycles. The topological polar surface area (TPSA) is 96.0 Å². The first kappa shape index (κ1) is 32.9.